The van der Waals surface area contributed by atoms with Gasteiger partial charge in [0, 0.05) is 59.8 Å². The van der Waals surface area contributed by atoms with Crippen LogP contribution in [-0.2, 0) is 4.74 Å². The number of hydrogen-bond acceptors (Lipinski definition) is 5. The number of nitrogens with zero attached hydrogens (tertiary/aromatic N) is 2. The third-order valence-corrected chi connectivity index (χ3v) is 8.27. The van der Waals surface area contributed by atoms with E-state index in [1.807, 2.05) is 43.3 Å². The lowest BCUT2D eigenvalue weighted by molar-refractivity contribution is 0.0585. The molecule has 5 aromatic carbocycles. The first kappa shape index (κ1) is 23.7. The second kappa shape index (κ2) is 8.58. The maximum absolute atomic E-state index is 13.5. The Balaban J connectivity index is 1.51. The molecular formula is C32H26N2O5. The molecule has 0 bridgehead atoms. The van der Waals surface area contributed by atoms with Crippen LogP contribution in [0.3, 0.4) is 0 Å². The first-order valence-electron chi connectivity index (χ1n) is 13.4. The van der Waals surface area contributed by atoms with Crippen LogP contribution in [-0.4, -0.2) is 60.2 Å². The molecule has 0 atom stereocenters. The van der Waals surface area contributed by atoms with Crippen LogP contribution in [0.2, 0.25) is 0 Å². The number of hydrogen-bond donors (Lipinski definition) is 0. The minimum absolute atomic E-state index is 0.259. The lowest BCUT2D eigenvalue weighted by Gasteiger charge is -2.30. The zero-order valence-corrected chi connectivity index (χ0v) is 21.8. The highest BCUT2D eigenvalue weighted by atomic mass is 16.5. The molecule has 0 radical (unpaired) electrons. The Hall–Kier alpha value is -4.36. The second-order valence-electron chi connectivity index (χ2n) is 10.4. The van der Waals surface area contributed by atoms with Gasteiger partial charge in [-0.25, -0.2) is 0 Å². The highest BCUT2D eigenvalue weighted by Gasteiger charge is 2.36. The Labute approximate surface area is 224 Å². The normalized spacial score (nSPS) is 15.2. The summed E-state index contributed by atoms with van der Waals surface area (Å²) in [6.45, 7) is 3.19. The summed E-state index contributed by atoms with van der Waals surface area (Å²) in [4.78, 5) is 56.5. The molecule has 0 N–H and O–H groups in total. The molecule has 2 aliphatic rings. The molecule has 0 fully saturated rings. The van der Waals surface area contributed by atoms with E-state index < -0.39 is 0 Å². The lowest BCUT2D eigenvalue weighted by Crippen LogP contribution is -2.41. The fraction of sp³-hybridized carbons (Fsp3) is 0.250. The van der Waals surface area contributed by atoms with Crippen molar-refractivity contribution >= 4 is 66.7 Å². The molecule has 4 amide bonds. The lowest BCUT2D eigenvalue weighted by atomic mass is 9.82. The van der Waals surface area contributed by atoms with E-state index in [-0.39, 0.29) is 23.6 Å². The molecule has 7 heteroatoms. The summed E-state index contributed by atoms with van der Waals surface area (Å²) in [5.74, 6) is -1.12. The summed E-state index contributed by atoms with van der Waals surface area (Å²) in [6.07, 6.45) is 2.21. The van der Waals surface area contributed by atoms with Crippen LogP contribution in [0, 0.1) is 0 Å². The van der Waals surface area contributed by atoms with Crippen LogP contribution in [0.25, 0.3) is 43.1 Å². The van der Waals surface area contributed by atoms with Gasteiger partial charge in [0.15, 0.2) is 0 Å². The van der Waals surface area contributed by atoms with Gasteiger partial charge in [-0.2, -0.15) is 0 Å². The average molecular weight is 519 g/mol. The van der Waals surface area contributed by atoms with Gasteiger partial charge in [-0.15, -0.1) is 0 Å². The van der Waals surface area contributed by atoms with E-state index in [9.17, 15) is 19.2 Å². The number of methoxy groups -OCH3 is 1. The van der Waals surface area contributed by atoms with E-state index in [4.69, 9.17) is 4.74 Å². The van der Waals surface area contributed by atoms with Gasteiger partial charge in [0.25, 0.3) is 23.6 Å². The van der Waals surface area contributed by atoms with E-state index >= 15 is 0 Å². The van der Waals surface area contributed by atoms with Crippen molar-refractivity contribution in [3.05, 3.63) is 70.8 Å². The smallest absolute Gasteiger partial charge is 0.261 e. The highest BCUT2D eigenvalue weighted by molar-refractivity contribution is 6.41. The summed E-state index contributed by atoms with van der Waals surface area (Å²) in [5, 5.41) is 6.65. The summed E-state index contributed by atoms with van der Waals surface area (Å²) < 4.78 is 5.12. The van der Waals surface area contributed by atoms with Gasteiger partial charge in [0.1, 0.15) is 0 Å². The topological polar surface area (TPSA) is 84.0 Å². The van der Waals surface area contributed by atoms with Crippen LogP contribution >= 0.6 is 0 Å². The summed E-state index contributed by atoms with van der Waals surface area (Å²) in [6, 6.07) is 15.0. The fourth-order valence-electron chi connectivity index (χ4n) is 6.46. The minimum atomic E-state index is -0.299. The zero-order valence-electron chi connectivity index (χ0n) is 21.8. The maximum Gasteiger partial charge on any atom is 0.261 e. The molecule has 7 nitrogen and oxygen atoms in total. The molecule has 7 rings (SSSR count). The number of amides is 4. The molecule has 0 aliphatic carbocycles. The van der Waals surface area contributed by atoms with Crippen molar-refractivity contribution in [1.82, 2.24) is 9.80 Å². The Morgan fingerprint density at radius 2 is 0.897 bits per heavy atom. The minimum Gasteiger partial charge on any atom is -0.385 e. The third kappa shape index (κ3) is 3.08. The van der Waals surface area contributed by atoms with Crippen molar-refractivity contribution in [1.29, 1.82) is 0 Å². The van der Waals surface area contributed by atoms with Crippen LogP contribution < -0.4 is 0 Å². The van der Waals surface area contributed by atoms with Crippen molar-refractivity contribution in [2.75, 3.05) is 26.8 Å². The number of imide groups is 2. The maximum atomic E-state index is 13.5. The van der Waals surface area contributed by atoms with E-state index in [1.165, 1.54) is 9.80 Å². The number of rotatable bonds is 7. The molecule has 0 spiro atoms. The molecular weight excluding hydrogens is 492 g/mol. The van der Waals surface area contributed by atoms with Crippen molar-refractivity contribution in [2.24, 2.45) is 0 Å². The van der Waals surface area contributed by atoms with Gasteiger partial charge in [-0.3, -0.25) is 29.0 Å². The molecule has 2 heterocycles. The van der Waals surface area contributed by atoms with E-state index in [1.54, 1.807) is 19.2 Å². The van der Waals surface area contributed by atoms with Gasteiger partial charge in [0.05, 0.1) is 0 Å². The third-order valence-electron chi connectivity index (χ3n) is 8.27. The number of carbonyl (C=O) groups excluding carboxylic acids is 4. The summed E-state index contributed by atoms with van der Waals surface area (Å²) in [5.41, 5.74) is 2.09. The predicted octanol–water partition coefficient (Wildman–Crippen LogP) is 5.77. The van der Waals surface area contributed by atoms with Crippen LogP contribution in [0.1, 0.15) is 67.6 Å². The van der Waals surface area contributed by atoms with Gasteiger partial charge in [-0.05, 0) is 69.4 Å². The fourth-order valence-corrected chi connectivity index (χ4v) is 6.46. The molecule has 0 saturated carbocycles. The van der Waals surface area contributed by atoms with E-state index in [0.717, 1.165) is 45.2 Å². The number of benzene rings is 5. The number of ether oxygens (including phenoxy) is 1. The quantitative estimate of drug-likeness (QED) is 0.118. The SMILES string of the molecule is CCCCN1C(=O)c2ccc3c4ccc5c6c(ccc(c7ccc(c2c37)C1=O)c64)C(=O)N(CCCOC)C5=O. The summed E-state index contributed by atoms with van der Waals surface area (Å²) in [7, 11) is 1.60. The van der Waals surface area contributed by atoms with Crippen molar-refractivity contribution in [3.8, 4) is 0 Å². The monoisotopic (exact) mass is 518 g/mol. The van der Waals surface area contributed by atoms with Crippen molar-refractivity contribution < 1.29 is 23.9 Å². The van der Waals surface area contributed by atoms with Crippen LogP contribution in [0.5, 0.6) is 0 Å². The Morgan fingerprint density at radius 3 is 1.23 bits per heavy atom. The van der Waals surface area contributed by atoms with Crippen LogP contribution in [0.4, 0.5) is 0 Å². The highest BCUT2D eigenvalue weighted by Crippen LogP contribution is 2.46. The van der Waals surface area contributed by atoms with Crippen molar-refractivity contribution in [2.45, 2.75) is 26.2 Å². The molecule has 0 unspecified atom stereocenters. The van der Waals surface area contributed by atoms with Gasteiger partial charge in [0.2, 0.25) is 0 Å². The molecule has 194 valence electrons. The number of fused-ring (bicyclic) bond motifs is 2. The van der Waals surface area contributed by atoms with E-state index in [2.05, 4.69) is 0 Å². The molecule has 5 aromatic rings. The number of unbranched alkanes of at least 4 members (excludes halogenated alkanes) is 1. The predicted molar refractivity (Wildman–Crippen MR) is 150 cm³/mol. The van der Waals surface area contributed by atoms with Crippen molar-refractivity contribution in [3.63, 3.8) is 0 Å². The molecule has 2 aliphatic heterocycles. The van der Waals surface area contributed by atoms with Gasteiger partial charge < -0.3 is 4.74 Å². The second-order valence-corrected chi connectivity index (χ2v) is 10.4. The largest absolute Gasteiger partial charge is 0.385 e. The summed E-state index contributed by atoms with van der Waals surface area (Å²) >= 11 is 0. The number of carbonyl (C=O) groups is 4. The Kier molecular flexibility index (Phi) is 5.22. The zero-order chi connectivity index (χ0) is 27.0. The molecule has 0 aromatic heterocycles. The van der Waals surface area contributed by atoms with Crippen LogP contribution in [0.15, 0.2) is 48.5 Å². The van der Waals surface area contributed by atoms with Gasteiger partial charge >= 0.3 is 0 Å². The molecule has 39 heavy (non-hydrogen) atoms. The Bertz CT molecular complexity index is 1790. The first-order chi connectivity index (χ1) is 19.0. The first-order valence-corrected chi connectivity index (χ1v) is 13.4. The van der Waals surface area contributed by atoms with Gasteiger partial charge in [-0.1, -0.05) is 37.6 Å². The van der Waals surface area contributed by atoms with E-state index in [0.29, 0.717) is 59.1 Å². The molecule has 0 saturated heterocycles. The Morgan fingerprint density at radius 1 is 0.538 bits per heavy atom. The standard InChI is InChI=1S/C32H26N2O5/c1-3-4-14-33-29(35)21-10-6-17-19-8-12-23-28-24(32(38)34(31(23)37)15-5-16-39-2)13-9-20(26(19)28)18-7-11-22(30(33)36)27(21)25(17)18/h6-13H,3-5,14-16H2,1-2H3. The average Bonchev–Trinajstić information content (AvgIpc) is 2.95.